The Kier molecular flexibility index (Phi) is 4.78. The maximum Gasteiger partial charge on any atom is 0.151 e. The number of hydrogen-bond donors (Lipinski definition) is 0. The Labute approximate surface area is 206 Å². The standard InChI is InChI=1S/C27H31ClN6/c1-18-6-9-24(29-13-18)33-16-27(17-33)11-20(12-27)26-31-30-25-15-32(22-4-2-3-5-22)14-19-10-21(28)7-8-23(19)34(25)26/h6-10,13,20,22H,2-5,11-12,14-17H2,1H3. The van der Waals surface area contributed by atoms with E-state index in [1.165, 1.54) is 55.3 Å². The summed E-state index contributed by atoms with van der Waals surface area (Å²) in [6.45, 7) is 6.10. The number of halogens is 1. The molecule has 176 valence electrons. The lowest BCUT2D eigenvalue weighted by molar-refractivity contribution is 0.0581. The molecular formula is C27H31ClN6. The fraction of sp³-hybridized carbons (Fsp3) is 0.519. The summed E-state index contributed by atoms with van der Waals surface area (Å²) in [5, 5.41) is 10.3. The van der Waals surface area contributed by atoms with Gasteiger partial charge in [0.05, 0.1) is 12.2 Å². The number of benzene rings is 1. The van der Waals surface area contributed by atoms with Gasteiger partial charge in [-0.05, 0) is 68.0 Å². The van der Waals surface area contributed by atoms with E-state index in [1.54, 1.807) is 0 Å². The molecule has 0 N–H and O–H groups in total. The highest BCUT2D eigenvalue weighted by molar-refractivity contribution is 6.30. The molecule has 7 rings (SSSR count). The molecule has 4 heterocycles. The third-order valence-corrected chi connectivity index (χ3v) is 8.83. The van der Waals surface area contributed by atoms with E-state index in [0.29, 0.717) is 17.4 Å². The van der Waals surface area contributed by atoms with Gasteiger partial charge >= 0.3 is 0 Å². The van der Waals surface area contributed by atoms with Crippen LogP contribution in [0.15, 0.2) is 36.5 Å². The van der Waals surface area contributed by atoms with E-state index in [0.717, 1.165) is 48.7 Å². The highest BCUT2D eigenvalue weighted by Gasteiger charge is 2.54. The predicted molar refractivity (Wildman–Crippen MR) is 133 cm³/mol. The molecule has 0 bridgehead atoms. The minimum absolute atomic E-state index is 0.410. The molecule has 1 saturated heterocycles. The second kappa shape index (κ2) is 7.79. The third-order valence-electron chi connectivity index (χ3n) is 8.59. The summed E-state index contributed by atoms with van der Waals surface area (Å²) >= 11 is 6.45. The Balaban J connectivity index is 1.14. The van der Waals surface area contributed by atoms with Crippen molar-refractivity contribution in [3.63, 3.8) is 0 Å². The van der Waals surface area contributed by atoms with Crippen molar-refractivity contribution in [3.8, 4) is 5.69 Å². The van der Waals surface area contributed by atoms with Crippen molar-refractivity contribution in [3.05, 3.63) is 64.3 Å². The van der Waals surface area contributed by atoms with Crippen LogP contribution in [0.5, 0.6) is 0 Å². The Morgan fingerprint density at radius 2 is 1.82 bits per heavy atom. The molecule has 4 aliphatic rings. The molecule has 0 unspecified atom stereocenters. The maximum atomic E-state index is 6.45. The van der Waals surface area contributed by atoms with Crippen LogP contribution in [-0.4, -0.2) is 43.8 Å². The van der Waals surface area contributed by atoms with Gasteiger partial charge < -0.3 is 4.90 Å². The number of fused-ring (bicyclic) bond motifs is 3. The number of aromatic nitrogens is 4. The SMILES string of the molecule is Cc1ccc(N2CC3(CC(c4nnc5n4-c4ccc(Cl)cc4CN(C4CCCC4)C5)C3)C2)nc1. The molecule has 3 aromatic rings. The van der Waals surface area contributed by atoms with Gasteiger partial charge in [-0.3, -0.25) is 9.47 Å². The van der Waals surface area contributed by atoms with Gasteiger partial charge in [0.1, 0.15) is 11.6 Å². The number of aryl methyl sites for hydroxylation is 1. The lowest BCUT2D eigenvalue weighted by Crippen LogP contribution is -2.62. The first-order valence-electron chi connectivity index (χ1n) is 12.7. The van der Waals surface area contributed by atoms with Gasteiger partial charge in [0.25, 0.3) is 0 Å². The fourth-order valence-electron chi connectivity index (χ4n) is 6.84. The van der Waals surface area contributed by atoms with Gasteiger partial charge in [-0.2, -0.15) is 0 Å². The summed E-state index contributed by atoms with van der Waals surface area (Å²) in [5.41, 5.74) is 4.14. The van der Waals surface area contributed by atoms with Crippen molar-refractivity contribution in [2.45, 2.75) is 70.5 Å². The topological polar surface area (TPSA) is 50.1 Å². The van der Waals surface area contributed by atoms with E-state index in [2.05, 4.69) is 50.5 Å². The van der Waals surface area contributed by atoms with Gasteiger partial charge in [0, 0.05) is 48.2 Å². The summed E-state index contributed by atoms with van der Waals surface area (Å²) in [6.07, 6.45) is 9.57. The molecular weight excluding hydrogens is 444 g/mol. The average molecular weight is 475 g/mol. The first-order valence-corrected chi connectivity index (χ1v) is 13.1. The summed E-state index contributed by atoms with van der Waals surface area (Å²) in [6, 6.07) is 11.3. The van der Waals surface area contributed by atoms with Crippen LogP contribution >= 0.6 is 11.6 Å². The molecule has 6 nitrogen and oxygen atoms in total. The van der Waals surface area contributed by atoms with E-state index in [4.69, 9.17) is 21.8 Å². The monoisotopic (exact) mass is 474 g/mol. The first-order chi connectivity index (χ1) is 16.6. The number of nitrogens with zero attached hydrogens (tertiary/aromatic N) is 6. The zero-order valence-corrected chi connectivity index (χ0v) is 20.5. The molecule has 2 aromatic heterocycles. The van der Waals surface area contributed by atoms with Crippen LogP contribution in [0.25, 0.3) is 5.69 Å². The van der Waals surface area contributed by atoms with Crippen LogP contribution in [0.2, 0.25) is 5.02 Å². The van der Waals surface area contributed by atoms with Gasteiger partial charge in [-0.1, -0.05) is 30.5 Å². The Bertz CT molecular complexity index is 1210. The molecule has 34 heavy (non-hydrogen) atoms. The second-order valence-corrected chi connectivity index (χ2v) is 11.5. The molecule has 3 fully saturated rings. The Morgan fingerprint density at radius 3 is 2.59 bits per heavy atom. The average Bonchev–Trinajstić information content (AvgIpc) is 3.41. The summed E-state index contributed by atoms with van der Waals surface area (Å²) < 4.78 is 2.37. The molecule has 0 amide bonds. The Hall–Kier alpha value is -2.44. The van der Waals surface area contributed by atoms with Crippen molar-refractivity contribution < 1.29 is 0 Å². The van der Waals surface area contributed by atoms with Crippen LogP contribution in [0, 0.1) is 12.3 Å². The molecule has 7 heteroatoms. The van der Waals surface area contributed by atoms with Crippen molar-refractivity contribution >= 4 is 17.4 Å². The zero-order chi connectivity index (χ0) is 22.9. The number of hydrogen-bond acceptors (Lipinski definition) is 5. The van der Waals surface area contributed by atoms with Gasteiger partial charge in [0.15, 0.2) is 5.82 Å². The highest BCUT2D eigenvalue weighted by atomic mass is 35.5. The molecule has 1 spiro atoms. The number of rotatable bonds is 3. The number of pyridine rings is 1. The summed E-state index contributed by atoms with van der Waals surface area (Å²) in [7, 11) is 0. The molecule has 2 saturated carbocycles. The van der Waals surface area contributed by atoms with Gasteiger partial charge in [-0.25, -0.2) is 4.98 Å². The number of anilines is 1. The second-order valence-electron chi connectivity index (χ2n) is 11.1. The predicted octanol–water partition coefficient (Wildman–Crippen LogP) is 5.27. The van der Waals surface area contributed by atoms with E-state index in [-0.39, 0.29) is 0 Å². The van der Waals surface area contributed by atoms with Crippen LogP contribution in [-0.2, 0) is 13.1 Å². The fourth-order valence-corrected chi connectivity index (χ4v) is 7.04. The van der Waals surface area contributed by atoms with Crippen molar-refractivity contribution in [1.82, 2.24) is 24.6 Å². The molecule has 1 aromatic carbocycles. The lowest BCUT2D eigenvalue weighted by atomic mass is 9.57. The quantitative estimate of drug-likeness (QED) is 0.517. The largest absolute Gasteiger partial charge is 0.355 e. The summed E-state index contributed by atoms with van der Waals surface area (Å²) in [4.78, 5) is 9.64. The highest BCUT2D eigenvalue weighted by Crippen LogP contribution is 2.56. The zero-order valence-electron chi connectivity index (χ0n) is 19.8. The normalized spacial score (nSPS) is 22.2. The lowest BCUT2D eigenvalue weighted by Gasteiger charge is -2.59. The minimum Gasteiger partial charge on any atom is -0.355 e. The smallest absolute Gasteiger partial charge is 0.151 e. The van der Waals surface area contributed by atoms with E-state index >= 15 is 0 Å². The molecule has 0 atom stereocenters. The molecule has 2 aliphatic heterocycles. The Morgan fingerprint density at radius 1 is 1.00 bits per heavy atom. The van der Waals surface area contributed by atoms with Crippen LogP contribution in [0.1, 0.15) is 67.2 Å². The van der Waals surface area contributed by atoms with Gasteiger partial charge in [-0.15, -0.1) is 10.2 Å². The molecule has 0 radical (unpaired) electrons. The van der Waals surface area contributed by atoms with Crippen LogP contribution in [0.3, 0.4) is 0 Å². The summed E-state index contributed by atoms with van der Waals surface area (Å²) in [5.74, 6) is 3.80. The third kappa shape index (κ3) is 3.37. The van der Waals surface area contributed by atoms with Crippen LogP contribution in [0.4, 0.5) is 5.82 Å². The minimum atomic E-state index is 0.410. The van der Waals surface area contributed by atoms with E-state index in [9.17, 15) is 0 Å². The van der Waals surface area contributed by atoms with E-state index in [1.807, 2.05) is 12.3 Å². The van der Waals surface area contributed by atoms with Crippen molar-refractivity contribution in [1.29, 1.82) is 0 Å². The van der Waals surface area contributed by atoms with Crippen molar-refractivity contribution in [2.24, 2.45) is 5.41 Å². The van der Waals surface area contributed by atoms with Crippen LogP contribution < -0.4 is 4.90 Å². The first kappa shape index (κ1) is 20.9. The molecule has 2 aliphatic carbocycles. The maximum absolute atomic E-state index is 6.45. The van der Waals surface area contributed by atoms with E-state index < -0.39 is 0 Å². The van der Waals surface area contributed by atoms with Gasteiger partial charge in [0.2, 0.25) is 0 Å². The van der Waals surface area contributed by atoms with Crippen molar-refractivity contribution in [2.75, 3.05) is 18.0 Å².